The molecule has 0 saturated carbocycles. The first-order valence-corrected chi connectivity index (χ1v) is 15.3. The number of anilines is 1. The van der Waals surface area contributed by atoms with Gasteiger partial charge in [0, 0.05) is 72.2 Å². The fraction of sp³-hybridized carbons (Fsp3) is 0.379. The fourth-order valence-corrected chi connectivity index (χ4v) is 3.41. The molecule has 0 unspecified atom stereocenters. The van der Waals surface area contributed by atoms with Gasteiger partial charge in [0.2, 0.25) is 6.41 Å². The van der Waals surface area contributed by atoms with Crippen LogP contribution < -0.4 is 5.73 Å². The molecule has 0 fully saturated rings. The van der Waals surface area contributed by atoms with Gasteiger partial charge in [0.1, 0.15) is 11.5 Å². The topological polar surface area (TPSA) is 106 Å². The summed E-state index contributed by atoms with van der Waals surface area (Å²) in [7, 11) is 10.8. The minimum atomic E-state index is -0.213. The number of halogens is 3. The van der Waals surface area contributed by atoms with Crippen molar-refractivity contribution in [1.29, 1.82) is 0 Å². The first-order valence-electron chi connectivity index (χ1n) is 12.9. The summed E-state index contributed by atoms with van der Waals surface area (Å²) in [5.74, 6) is 1.26. The molecule has 0 atom stereocenters. The number of imidazole rings is 1. The van der Waals surface area contributed by atoms with E-state index >= 15 is 0 Å². The predicted octanol–water partition coefficient (Wildman–Crippen LogP) is 7.44. The van der Waals surface area contributed by atoms with E-state index in [0.717, 1.165) is 24.8 Å². The molecule has 0 spiro atoms. The van der Waals surface area contributed by atoms with Gasteiger partial charge in [-0.1, -0.05) is 20.3 Å². The first-order chi connectivity index (χ1) is 19.9. The van der Waals surface area contributed by atoms with E-state index in [1.54, 1.807) is 39.0 Å². The Morgan fingerprint density at radius 2 is 1.40 bits per heavy atom. The highest BCUT2D eigenvalue weighted by Gasteiger charge is 2.04. The Labute approximate surface area is 275 Å². The molecule has 0 aromatic carbocycles. The van der Waals surface area contributed by atoms with Crippen LogP contribution in [0.1, 0.15) is 26.0 Å². The molecule has 4 aromatic rings. The molecule has 0 bridgehead atoms. The third-order valence-corrected chi connectivity index (χ3v) is 5.77. The van der Waals surface area contributed by atoms with Crippen LogP contribution >= 0.6 is 47.8 Å². The average Bonchev–Trinajstić information content (AvgIpc) is 3.31. The molecule has 4 rings (SSSR count). The number of nitrogens with zero attached hydrogens (tertiary/aromatic N) is 7. The molecular formula is C29H43Br3N8O2. The van der Waals surface area contributed by atoms with Crippen molar-refractivity contribution in [2.45, 2.75) is 33.6 Å². The van der Waals surface area contributed by atoms with Gasteiger partial charge in [0.05, 0.1) is 6.34 Å². The van der Waals surface area contributed by atoms with E-state index in [9.17, 15) is 0 Å². The Morgan fingerprint density at radius 1 is 0.857 bits per heavy atom. The van der Waals surface area contributed by atoms with Crippen molar-refractivity contribution in [2.24, 2.45) is 4.99 Å². The van der Waals surface area contributed by atoms with Crippen LogP contribution in [0.25, 0.3) is 5.65 Å². The van der Waals surface area contributed by atoms with Crippen LogP contribution in [0.3, 0.4) is 0 Å². The third kappa shape index (κ3) is 18.2. The summed E-state index contributed by atoms with van der Waals surface area (Å²) < 4.78 is 14.8. The number of pyridine rings is 3. The maximum atomic E-state index is 5.29. The van der Waals surface area contributed by atoms with Crippen LogP contribution in [-0.4, -0.2) is 84.3 Å². The lowest BCUT2D eigenvalue weighted by atomic mass is 10.4. The Balaban J connectivity index is 0.000000525. The predicted molar refractivity (Wildman–Crippen MR) is 185 cm³/mol. The van der Waals surface area contributed by atoms with Crippen molar-refractivity contribution < 1.29 is 9.47 Å². The minimum absolute atomic E-state index is 0.213. The Kier molecular flexibility index (Phi) is 21.8. The van der Waals surface area contributed by atoms with Crippen LogP contribution in [0.2, 0.25) is 0 Å². The van der Waals surface area contributed by atoms with E-state index in [0.29, 0.717) is 11.6 Å². The summed E-state index contributed by atoms with van der Waals surface area (Å²) >= 11 is 9.93. The van der Waals surface area contributed by atoms with E-state index in [2.05, 4.69) is 81.6 Å². The zero-order chi connectivity index (χ0) is 32.1. The SMILES string of the molecule is CCC.CN(C)C=Nc1ccc(Br)cn1.COC(OC)N(C)C.Cc1cnc2ccc(Br)cn12.Nc1ccc(Br)cn1. The van der Waals surface area contributed by atoms with Crippen molar-refractivity contribution in [2.75, 3.05) is 48.1 Å². The summed E-state index contributed by atoms with van der Waals surface area (Å²) in [6.45, 7) is 6.28. The van der Waals surface area contributed by atoms with Gasteiger partial charge in [0.25, 0.3) is 0 Å². The molecule has 10 nitrogen and oxygen atoms in total. The molecule has 0 aliphatic carbocycles. The van der Waals surface area contributed by atoms with Crippen LogP contribution in [0.5, 0.6) is 0 Å². The largest absolute Gasteiger partial charge is 0.384 e. The summed E-state index contributed by atoms with van der Waals surface area (Å²) in [4.78, 5) is 19.9. The van der Waals surface area contributed by atoms with Crippen LogP contribution in [0.15, 0.2) is 79.6 Å². The Morgan fingerprint density at radius 3 is 1.81 bits per heavy atom. The molecule has 232 valence electrons. The second-order valence-corrected chi connectivity index (χ2v) is 11.6. The normalized spacial score (nSPS) is 10.1. The molecule has 0 radical (unpaired) electrons. The number of rotatable bonds is 5. The second-order valence-electron chi connectivity index (χ2n) is 8.87. The molecule has 0 saturated heterocycles. The summed E-state index contributed by atoms with van der Waals surface area (Å²) in [5, 5.41) is 0. The molecule has 0 aliphatic rings. The van der Waals surface area contributed by atoms with Gasteiger partial charge < -0.3 is 24.5 Å². The van der Waals surface area contributed by atoms with E-state index in [1.165, 1.54) is 6.42 Å². The van der Waals surface area contributed by atoms with Gasteiger partial charge in [-0.15, -0.1) is 0 Å². The number of hydrogen-bond donors (Lipinski definition) is 1. The molecular weight excluding hydrogens is 732 g/mol. The van der Waals surface area contributed by atoms with Crippen LogP contribution in [0, 0.1) is 6.92 Å². The second kappa shape index (κ2) is 23.1. The monoisotopic (exact) mass is 772 g/mol. The maximum Gasteiger partial charge on any atom is 0.217 e. The lowest BCUT2D eigenvalue weighted by Gasteiger charge is -2.19. The number of hydrogen-bond acceptors (Lipinski definition) is 8. The molecule has 42 heavy (non-hydrogen) atoms. The minimum Gasteiger partial charge on any atom is -0.384 e. The molecule has 2 N–H and O–H groups in total. The number of fused-ring (bicyclic) bond motifs is 1. The van der Waals surface area contributed by atoms with Crippen molar-refractivity contribution in [3.8, 4) is 0 Å². The number of nitrogens with two attached hydrogens (primary N) is 1. The van der Waals surface area contributed by atoms with E-state index < -0.39 is 0 Å². The summed E-state index contributed by atoms with van der Waals surface area (Å²) in [6, 6.07) is 11.3. The van der Waals surface area contributed by atoms with Crippen LogP contribution in [-0.2, 0) is 9.47 Å². The average molecular weight is 775 g/mol. The van der Waals surface area contributed by atoms with Gasteiger partial charge >= 0.3 is 0 Å². The fourth-order valence-electron chi connectivity index (χ4n) is 2.60. The van der Waals surface area contributed by atoms with Gasteiger partial charge in [-0.25, -0.2) is 19.9 Å². The van der Waals surface area contributed by atoms with Crippen molar-refractivity contribution in [3.63, 3.8) is 0 Å². The molecule has 0 aliphatic heterocycles. The van der Waals surface area contributed by atoms with Gasteiger partial charge in [-0.3, -0.25) is 4.90 Å². The highest BCUT2D eigenvalue weighted by atomic mass is 79.9. The van der Waals surface area contributed by atoms with Crippen LogP contribution in [0.4, 0.5) is 11.6 Å². The Bertz CT molecular complexity index is 1240. The van der Waals surface area contributed by atoms with Crippen molar-refractivity contribution >= 4 is 71.4 Å². The lowest BCUT2D eigenvalue weighted by Crippen LogP contribution is -2.30. The highest BCUT2D eigenvalue weighted by Crippen LogP contribution is 2.13. The van der Waals surface area contributed by atoms with Crippen molar-refractivity contribution in [1.82, 2.24) is 29.2 Å². The van der Waals surface area contributed by atoms with E-state index in [1.807, 2.05) is 92.0 Å². The number of ether oxygens (including phenoxy) is 2. The maximum absolute atomic E-state index is 5.29. The lowest BCUT2D eigenvalue weighted by molar-refractivity contribution is -0.179. The summed E-state index contributed by atoms with van der Waals surface area (Å²) in [6.07, 6.45) is 10.0. The van der Waals surface area contributed by atoms with Gasteiger partial charge in [-0.2, -0.15) is 0 Å². The van der Waals surface area contributed by atoms with E-state index in [4.69, 9.17) is 15.2 Å². The standard InChI is InChI=1S/C8H10BrN3.C8H7BrN2.C5H5BrN2.C5H13NO2.C3H8/c1-12(2)6-11-8-4-3-7(9)5-10-8;1-6-4-10-8-3-2-7(9)5-11(6)8;6-4-1-2-5(7)8-3-4;1-6(2)5(7-3)8-4;1-3-2/h3-6H,1-2H3;2-5H,1H3;1-3H,(H2,7,8);5H,1-4H3;3H2,1-2H3. The molecule has 13 heteroatoms. The zero-order valence-corrected chi connectivity index (χ0v) is 30.6. The highest BCUT2D eigenvalue weighted by molar-refractivity contribution is 9.11. The quantitative estimate of drug-likeness (QED) is 0.127. The van der Waals surface area contributed by atoms with Gasteiger partial charge in [0.15, 0.2) is 5.82 Å². The van der Waals surface area contributed by atoms with Crippen molar-refractivity contribution in [3.05, 3.63) is 80.3 Å². The Hall–Kier alpha value is -2.42. The number of methoxy groups -OCH3 is 2. The van der Waals surface area contributed by atoms with Gasteiger partial charge in [-0.05, 0) is 105 Å². The number of nitrogen functional groups attached to an aromatic ring is 1. The zero-order valence-electron chi connectivity index (χ0n) is 25.8. The molecule has 0 amide bonds. The first kappa shape index (κ1) is 39.6. The number of aryl methyl sites for hydroxylation is 1. The third-order valence-electron chi connectivity index (χ3n) is 4.36. The summed E-state index contributed by atoms with van der Waals surface area (Å²) in [5.41, 5.74) is 7.44. The smallest absolute Gasteiger partial charge is 0.217 e. The number of aliphatic imine (C=N–C) groups is 1. The molecule has 4 aromatic heterocycles. The molecule has 4 heterocycles. The van der Waals surface area contributed by atoms with E-state index in [-0.39, 0.29) is 6.41 Å². The number of aromatic nitrogens is 4.